The average molecular weight is 303 g/mol. The van der Waals surface area contributed by atoms with E-state index in [0.717, 1.165) is 32.0 Å². The highest BCUT2D eigenvalue weighted by Crippen LogP contribution is 2.36. The third kappa shape index (κ3) is 5.12. The number of nitrogens with one attached hydrogen (secondary N) is 1. The summed E-state index contributed by atoms with van der Waals surface area (Å²) in [5.41, 5.74) is 5.00. The molecule has 0 radical (unpaired) electrons. The van der Waals surface area contributed by atoms with E-state index >= 15 is 0 Å². The Morgan fingerprint density at radius 1 is 1.19 bits per heavy atom. The Bertz CT molecular complexity index is 438. The Kier molecular flexibility index (Phi) is 6.33. The number of likely N-dealkylation sites (tertiary alicyclic amines) is 1. The second-order valence-electron chi connectivity index (χ2n) is 5.02. The molecule has 1 aromatic rings. The van der Waals surface area contributed by atoms with Gasteiger partial charge in [-0.1, -0.05) is 13.8 Å². The quantitative estimate of drug-likeness (QED) is 0.816. The van der Waals surface area contributed by atoms with Crippen molar-refractivity contribution in [3.63, 3.8) is 0 Å². The predicted molar refractivity (Wildman–Crippen MR) is 81.3 cm³/mol. The monoisotopic (exact) mass is 303 g/mol. The number of benzene rings is 1. The molecule has 0 atom stereocenters. The standard InChI is InChI=1S/C13H18F3N3.C2H6/c1-19-6-4-10(5-7-19)18-12-3-2-9(17)8-11(12)13(14,15)16;1-2/h2-3,8,10,18H,4-7,17H2,1H3;1-2H3. The molecule has 0 unspecified atom stereocenters. The van der Waals surface area contributed by atoms with Crippen LogP contribution in [-0.2, 0) is 6.18 Å². The summed E-state index contributed by atoms with van der Waals surface area (Å²) in [6, 6.07) is 3.97. The summed E-state index contributed by atoms with van der Waals surface area (Å²) < 4.78 is 38.8. The van der Waals surface area contributed by atoms with E-state index in [4.69, 9.17) is 5.73 Å². The summed E-state index contributed by atoms with van der Waals surface area (Å²) in [4.78, 5) is 2.17. The highest BCUT2D eigenvalue weighted by molar-refractivity contribution is 5.59. The molecular formula is C15H24F3N3. The first-order valence-electron chi connectivity index (χ1n) is 7.28. The van der Waals surface area contributed by atoms with E-state index in [1.54, 1.807) is 0 Å². The minimum absolute atomic E-state index is 0.0842. The third-order valence-corrected chi connectivity index (χ3v) is 3.43. The molecular weight excluding hydrogens is 279 g/mol. The molecule has 1 fully saturated rings. The van der Waals surface area contributed by atoms with Gasteiger partial charge in [-0.05, 0) is 51.2 Å². The van der Waals surface area contributed by atoms with Crippen LogP contribution in [0, 0.1) is 0 Å². The number of hydrogen-bond acceptors (Lipinski definition) is 3. The predicted octanol–water partition coefficient (Wildman–Crippen LogP) is 3.82. The molecule has 21 heavy (non-hydrogen) atoms. The molecule has 0 bridgehead atoms. The second-order valence-corrected chi connectivity index (χ2v) is 5.02. The zero-order valence-electron chi connectivity index (χ0n) is 12.8. The van der Waals surface area contributed by atoms with Gasteiger partial charge in [-0.25, -0.2) is 0 Å². The van der Waals surface area contributed by atoms with Gasteiger partial charge in [0.1, 0.15) is 0 Å². The van der Waals surface area contributed by atoms with Crippen molar-refractivity contribution in [2.24, 2.45) is 0 Å². The van der Waals surface area contributed by atoms with Crippen molar-refractivity contribution in [3.8, 4) is 0 Å². The molecule has 2 rings (SSSR count). The van der Waals surface area contributed by atoms with Crippen LogP contribution in [0.4, 0.5) is 24.5 Å². The van der Waals surface area contributed by atoms with Gasteiger partial charge in [0.05, 0.1) is 5.56 Å². The normalized spacial score (nSPS) is 17.0. The van der Waals surface area contributed by atoms with Gasteiger partial charge in [0.15, 0.2) is 0 Å². The fourth-order valence-electron chi connectivity index (χ4n) is 2.30. The van der Waals surface area contributed by atoms with E-state index in [0.29, 0.717) is 0 Å². The first-order chi connectivity index (χ1) is 9.86. The summed E-state index contributed by atoms with van der Waals surface area (Å²) in [7, 11) is 2.01. The van der Waals surface area contributed by atoms with Gasteiger partial charge in [0.2, 0.25) is 0 Å². The number of anilines is 2. The van der Waals surface area contributed by atoms with Crippen molar-refractivity contribution in [3.05, 3.63) is 23.8 Å². The lowest BCUT2D eigenvalue weighted by Gasteiger charge is -2.31. The topological polar surface area (TPSA) is 41.3 Å². The first kappa shape index (κ1) is 17.6. The van der Waals surface area contributed by atoms with Crippen LogP contribution in [0.3, 0.4) is 0 Å². The van der Waals surface area contributed by atoms with Crippen molar-refractivity contribution in [1.29, 1.82) is 0 Å². The zero-order chi connectivity index (χ0) is 16.0. The number of halogens is 3. The lowest BCUT2D eigenvalue weighted by molar-refractivity contribution is -0.136. The van der Waals surface area contributed by atoms with E-state index in [1.807, 2.05) is 20.9 Å². The number of alkyl halides is 3. The van der Waals surface area contributed by atoms with E-state index in [1.165, 1.54) is 12.1 Å². The van der Waals surface area contributed by atoms with Crippen LogP contribution < -0.4 is 11.1 Å². The highest BCUT2D eigenvalue weighted by Gasteiger charge is 2.34. The molecule has 0 aromatic heterocycles. The second kappa shape index (κ2) is 7.54. The molecule has 3 N–H and O–H groups in total. The van der Waals surface area contributed by atoms with Gasteiger partial charge in [-0.3, -0.25) is 0 Å². The van der Waals surface area contributed by atoms with Gasteiger partial charge in [-0.2, -0.15) is 13.2 Å². The fourth-order valence-corrected chi connectivity index (χ4v) is 2.30. The molecule has 1 aliphatic rings. The summed E-state index contributed by atoms with van der Waals surface area (Å²) in [5.74, 6) is 0. The van der Waals surface area contributed by atoms with Crippen molar-refractivity contribution >= 4 is 11.4 Å². The number of piperidine rings is 1. The van der Waals surface area contributed by atoms with Crippen LogP contribution in [0.15, 0.2) is 18.2 Å². The number of nitrogen functional groups attached to an aromatic ring is 1. The SMILES string of the molecule is CC.CN1CCC(Nc2ccc(N)cc2C(F)(F)F)CC1. The third-order valence-electron chi connectivity index (χ3n) is 3.43. The maximum absolute atomic E-state index is 12.9. The largest absolute Gasteiger partial charge is 0.418 e. The summed E-state index contributed by atoms with van der Waals surface area (Å²) >= 11 is 0. The molecule has 6 heteroatoms. The number of hydrogen-bond donors (Lipinski definition) is 2. The van der Waals surface area contributed by atoms with Gasteiger partial charge >= 0.3 is 6.18 Å². The van der Waals surface area contributed by atoms with Crippen LogP contribution in [0.25, 0.3) is 0 Å². The van der Waals surface area contributed by atoms with Crippen molar-refractivity contribution in [2.75, 3.05) is 31.2 Å². The maximum atomic E-state index is 12.9. The lowest BCUT2D eigenvalue weighted by atomic mass is 10.0. The van der Waals surface area contributed by atoms with E-state index < -0.39 is 11.7 Å². The average Bonchev–Trinajstić information content (AvgIpc) is 2.44. The van der Waals surface area contributed by atoms with E-state index in [-0.39, 0.29) is 17.4 Å². The maximum Gasteiger partial charge on any atom is 0.418 e. The minimum Gasteiger partial charge on any atom is -0.399 e. The molecule has 1 saturated heterocycles. The van der Waals surface area contributed by atoms with Crippen LogP contribution in [0.2, 0.25) is 0 Å². The molecule has 1 aliphatic heterocycles. The fraction of sp³-hybridized carbons (Fsp3) is 0.600. The van der Waals surface area contributed by atoms with Gasteiger partial charge < -0.3 is 16.0 Å². The van der Waals surface area contributed by atoms with Crippen molar-refractivity contribution in [2.45, 2.75) is 38.9 Å². The molecule has 1 aromatic carbocycles. The molecule has 0 aliphatic carbocycles. The van der Waals surface area contributed by atoms with Gasteiger partial charge in [0.25, 0.3) is 0 Å². The highest BCUT2D eigenvalue weighted by atomic mass is 19.4. The smallest absolute Gasteiger partial charge is 0.399 e. The Morgan fingerprint density at radius 2 is 1.76 bits per heavy atom. The van der Waals surface area contributed by atoms with Crippen LogP contribution >= 0.6 is 0 Å². The Balaban J connectivity index is 0.00000106. The molecule has 1 heterocycles. The van der Waals surface area contributed by atoms with Crippen molar-refractivity contribution < 1.29 is 13.2 Å². The van der Waals surface area contributed by atoms with Crippen LogP contribution in [-0.4, -0.2) is 31.1 Å². The Morgan fingerprint density at radius 3 is 2.29 bits per heavy atom. The molecule has 3 nitrogen and oxygen atoms in total. The van der Waals surface area contributed by atoms with Crippen LogP contribution in [0.1, 0.15) is 32.3 Å². The van der Waals surface area contributed by atoms with Gasteiger partial charge in [0, 0.05) is 17.4 Å². The number of rotatable bonds is 2. The Labute approximate surface area is 124 Å². The lowest BCUT2D eigenvalue weighted by Crippen LogP contribution is -2.37. The Hall–Kier alpha value is -1.43. The van der Waals surface area contributed by atoms with E-state index in [2.05, 4.69) is 10.2 Å². The molecule has 120 valence electrons. The minimum atomic E-state index is -4.39. The number of nitrogens with zero attached hydrogens (tertiary/aromatic N) is 1. The molecule has 0 saturated carbocycles. The first-order valence-corrected chi connectivity index (χ1v) is 7.28. The summed E-state index contributed by atoms with van der Waals surface area (Å²) in [6.07, 6.45) is -2.69. The molecule has 0 amide bonds. The summed E-state index contributed by atoms with van der Waals surface area (Å²) in [6.45, 7) is 5.79. The zero-order valence-corrected chi connectivity index (χ0v) is 12.8. The van der Waals surface area contributed by atoms with E-state index in [9.17, 15) is 13.2 Å². The van der Waals surface area contributed by atoms with Gasteiger partial charge in [-0.15, -0.1) is 0 Å². The summed E-state index contributed by atoms with van der Waals surface area (Å²) in [5, 5.41) is 3.00. The van der Waals surface area contributed by atoms with Crippen LogP contribution in [0.5, 0.6) is 0 Å². The van der Waals surface area contributed by atoms with Crippen molar-refractivity contribution in [1.82, 2.24) is 4.90 Å². The number of nitrogens with two attached hydrogens (primary N) is 1. The molecule has 0 spiro atoms.